The van der Waals surface area contributed by atoms with E-state index in [2.05, 4.69) is 10.5 Å². The number of nitrogens with one attached hydrogen (secondary N) is 1. The first-order chi connectivity index (χ1) is 17.5. The Labute approximate surface area is 208 Å². The van der Waals surface area contributed by atoms with Crippen molar-refractivity contribution in [2.75, 3.05) is 11.9 Å². The summed E-state index contributed by atoms with van der Waals surface area (Å²) in [6, 6.07) is 14.8. The molecule has 2 aromatic carbocycles. The van der Waals surface area contributed by atoms with Crippen molar-refractivity contribution in [3.63, 3.8) is 0 Å². The molecule has 5 rings (SSSR count). The molecule has 2 aliphatic rings. The Morgan fingerprint density at radius 1 is 0.972 bits per heavy atom. The number of aliphatic hydroxyl groups is 1. The van der Waals surface area contributed by atoms with Crippen molar-refractivity contribution in [1.82, 2.24) is 10.5 Å². The molecule has 1 aliphatic heterocycles. The van der Waals surface area contributed by atoms with Crippen LogP contribution in [0.2, 0.25) is 0 Å². The number of aromatic nitrogens is 1. The first kappa shape index (κ1) is 23.5. The molecule has 2 heterocycles. The minimum absolute atomic E-state index is 0.0478. The molecule has 184 valence electrons. The first-order valence-electron chi connectivity index (χ1n) is 12.1. The molecule has 8 nitrogen and oxygen atoms in total. The van der Waals surface area contributed by atoms with Gasteiger partial charge in [0, 0.05) is 35.5 Å². The van der Waals surface area contributed by atoms with Gasteiger partial charge in [0.1, 0.15) is 17.7 Å². The Morgan fingerprint density at radius 3 is 2.25 bits per heavy atom. The topological polar surface area (TPSA) is 113 Å². The molecule has 1 saturated carbocycles. The number of carbonyl (C=O) groups is 3. The zero-order valence-corrected chi connectivity index (χ0v) is 19.9. The van der Waals surface area contributed by atoms with Crippen LogP contribution >= 0.6 is 0 Å². The lowest BCUT2D eigenvalue weighted by Gasteiger charge is -2.34. The third kappa shape index (κ3) is 4.19. The Bertz CT molecular complexity index is 1300. The summed E-state index contributed by atoms with van der Waals surface area (Å²) in [6.45, 7) is 0. The molecule has 1 unspecified atom stereocenters. The second-order valence-corrected chi connectivity index (χ2v) is 9.20. The van der Waals surface area contributed by atoms with Gasteiger partial charge >= 0.3 is 0 Å². The highest BCUT2D eigenvalue weighted by atomic mass is 16.5. The van der Waals surface area contributed by atoms with Crippen LogP contribution in [0.4, 0.5) is 5.69 Å². The van der Waals surface area contributed by atoms with Gasteiger partial charge in [-0.15, -0.1) is 0 Å². The van der Waals surface area contributed by atoms with Crippen molar-refractivity contribution < 1.29 is 24.0 Å². The molecule has 1 atom stereocenters. The number of carbonyl (C=O) groups excluding carboxylic acids is 3. The van der Waals surface area contributed by atoms with Crippen molar-refractivity contribution in [3.05, 3.63) is 77.6 Å². The maximum Gasteiger partial charge on any atom is 0.299 e. The van der Waals surface area contributed by atoms with E-state index in [1.54, 1.807) is 49.5 Å². The summed E-state index contributed by atoms with van der Waals surface area (Å²) in [5.41, 5.74) is 3.05. The van der Waals surface area contributed by atoms with Crippen LogP contribution in [-0.2, 0) is 9.59 Å². The van der Waals surface area contributed by atoms with Crippen molar-refractivity contribution in [2.24, 2.45) is 5.92 Å². The smallest absolute Gasteiger partial charge is 0.299 e. The van der Waals surface area contributed by atoms with Crippen molar-refractivity contribution in [2.45, 2.75) is 38.1 Å². The minimum atomic E-state index is -0.695. The fourth-order valence-electron chi connectivity index (χ4n) is 5.27. The average Bonchev–Trinajstić information content (AvgIpc) is 3.56. The molecule has 1 aliphatic carbocycles. The zero-order valence-electron chi connectivity index (χ0n) is 19.9. The molecule has 1 aromatic heterocycles. The van der Waals surface area contributed by atoms with E-state index in [0.717, 1.165) is 37.7 Å². The lowest BCUT2D eigenvalue weighted by atomic mass is 9.80. The maximum atomic E-state index is 13.4. The van der Waals surface area contributed by atoms with Crippen molar-refractivity contribution in [3.8, 4) is 11.3 Å². The lowest BCUT2D eigenvalue weighted by molar-refractivity contribution is -0.132. The number of ketones is 1. The second kappa shape index (κ2) is 9.81. The fourth-order valence-corrected chi connectivity index (χ4v) is 5.27. The van der Waals surface area contributed by atoms with Gasteiger partial charge in [-0.05, 0) is 43.0 Å². The van der Waals surface area contributed by atoms with Crippen LogP contribution in [0.15, 0.2) is 71.0 Å². The van der Waals surface area contributed by atoms with E-state index in [1.165, 1.54) is 11.2 Å². The monoisotopic (exact) mass is 485 g/mol. The Morgan fingerprint density at radius 2 is 1.64 bits per heavy atom. The number of Topliss-reactive ketones (excluding diaryl/α,β-unsaturated/α-hetero) is 1. The van der Waals surface area contributed by atoms with Crippen LogP contribution in [-0.4, -0.2) is 41.0 Å². The number of anilines is 1. The van der Waals surface area contributed by atoms with Gasteiger partial charge in [0.2, 0.25) is 0 Å². The number of rotatable bonds is 5. The number of amides is 2. The van der Waals surface area contributed by atoms with Gasteiger partial charge in [0.25, 0.3) is 17.6 Å². The highest BCUT2D eigenvalue weighted by Gasteiger charge is 2.49. The predicted octanol–water partition coefficient (Wildman–Crippen LogP) is 4.54. The Hall–Kier alpha value is -4.20. The first-order valence-corrected chi connectivity index (χ1v) is 12.1. The van der Waals surface area contributed by atoms with Gasteiger partial charge in [0.05, 0.1) is 11.6 Å². The summed E-state index contributed by atoms with van der Waals surface area (Å²) in [6.07, 6.45) is 6.36. The third-order valence-corrected chi connectivity index (χ3v) is 7.11. The largest absolute Gasteiger partial charge is 0.507 e. The molecule has 36 heavy (non-hydrogen) atoms. The quantitative estimate of drug-likeness (QED) is 0.312. The summed E-state index contributed by atoms with van der Waals surface area (Å²) < 4.78 is 4.92. The number of nitrogens with zero attached hydrogens (tertiary/aromatic N) is 2. The second-order valence-electron chi connectivity index (χ2n) is 9.20. The van der Waals surface area contributed by atoms with E-state index in [0.29, 0.717) is 22.5 Å². The molecule has 0 bridgehead atoms. The molecule has 3 aromatic rings. The minimum Gasteiger partial charge on any atom is -0.507 e. The zero-order chi connectivity index (χ0) is 25.2. The van der Waals surface area contributed by atoms with Gasteiger partial charge < -0.3 is 14.9 Å². The Kier molecular flexibility index (Phi) is 6.41. The number of aliphatic hydroxyl groups excluding tert-OH is 1. The van der Waals surface area contributed by atoms with Gasteiger partial charge in [-0.3, -0.25) is 19.3 Å². The van der Waals surface area contributed by atoms with Gasteiger partial charge in [-0.1, -0.05) is 48.7 Å². The fraction of sp³-hybridized carbons (Fsp3) is 0.286. The van der Waals surface area contributed by atoms with Crippen LogP contribution in [0.3, 0.4) is 0 Å². The standard InChI is InChI=1S/C28H27N3O5/c1-29-27(34)20-9-7-19(8-10-20)25(32)23-24(18-5-3-2-4-6-18)31(28(35)26(23)33)21-13-11-17(12-14-21)22-15-16-36-30-22/h7-16,18,24,32H,2-6H2,1H3,(H,29,34). The van der Waals surface area contributed by atoms with Gasteiger partial charge in [-0.25, -0.2) is 0 Å². The molecule has 1 saturated heterocycles. The van der Waals surface area contributed by atoms with Gasteiger partial charge in [0.15, 0.2) is 0 Å². The van der Waals surface area contributed by atoms with Crippen molar-refractivity contribution in [1.29, 1.82) is 0 Å². The van der Waals surface area contributed by atoms with E-state index >= 15 is 0 Å². The number of hydrogen-bond donors (Lipinski definition) is 2. The maximum absolute atomic E-state index is 13.4. The summed E-state index contributed by atoms with van der Waals surface area (Å²) in [5, 5.41) is 17.8. The summed E-state index contributed by atoms with van der Waals surface area (Å²) in [5.74, 6) is -1.76. The molecule has 2 amide bonds. The van der Waals surface area contributed by atoms with Crippen LogP contribution in [0.25, 0.3) is 17.0 Å². The van der Waals surface area contributed by atoms with Crippen LogP contribution in [0.1, 0.15) is 48.0 Å². The lowest BCUT2D eigenvalue weighted by Crippen LogP contribution is -2.40. The van der Waals surface area contributed by atoms with Crippen LogP contribution in [0, 0.1) is 5.92 Å². The molecule has 8 heteroatoms. The van der Waals surface area contributed by atoms with Crippen LogP contribution < -0.4 is 10.2 Å². The molecule has 0 radical (unpaired) electrons. The molecular weight excluding hydrogens is 458 g/mol. The molecular formula is C28H27N3O5. The number of hydrogen-bond acceptors (Lipinski definition) is 6. The van der Waals surface area contributed by atoms with E-state index in [1.807, 2.05) is 12.1 Å². The molecule has 0 spiro atoms. The van der Waals surface area contributed by atoms with E-state index in [-0.39, 0.29) is 23.2 Å². The van der Waals surface area contributed by atoms with Crippen molar-refractivity contribution >= 4 is 29.0 Å². The van der Waals surface area contributed by atoms with Gasteiger partial charge in [-0.2, -0.15) is 0 Å². The molecule has 2 fully saturated rings. The summed E-state index contributed by atoms with van der Waals surface area (Å²) in [7, 11) is 1.54. The third-order valence-electron chi connectivity index (χ3n) is 7.11. The normalized spacial score (nSPS) is 20.0. The summed E-state index contributed by atoms with van der Waals surface area (Å²) in [4.78, 5) is 40.1. The van der Waals surface area contributed by atoms with E-state index in [9.17, 15) is 19.5 Å². The highest BCUT2D eigenvalue weighted by Crippen LogP contribution is 2.41. The SMILES string of the molecule is CNC(=O)c1ccc(C(O)=C2C(=O)C(=O)N(c3ccc(-c4ccon4)cc3)C2C2CCCCC2)cc1. The summed E-state index contributed by atoms with van der Waals surface area (Å²) >= 11 is 0. The average molecular weight is 486 g/mol. The highest BCUT2D eigenvalue weighted by molar-refractivity contribution is 6.51. The van der Waals surface area contributed by atoms with E-state index in [4.69, 9.17) is 4.52 Å². The number of benzene rings is 2. The molecule has 2 N–H and O–H groups in total. The van der Waals surface area contributed by atoms with Crippen LogP contribution in [0.5, 0.6) is 0 Å². The van der Waals surface area contributed by atoms with E-state index < -0.39 is 17.7 Å². The Balaban J connectivity index is 1.56. The predicted molar refractivity (Wildman–Crippen MR) is 134 cm³/mol.